The molecule has 3 nitrogen and oxygen atoms in total. The van der Waals surface area contributed by atoms with Gasteiger partial charge in [-0.25, -0.2) is 0 Å². The molecule has 0 radical (unpaired) electrons. The summed E-state index contributed by atoms with van der Waals surface area (Å²) in [5.41, 5.74) is 1.90. The van der Waals surface area contributed by atoms with Crippen molar-refractivity contribution in [2.45, 2.75) is 20.3 Å². The molecule has 0 bridgehead atoms. The lowest BCUT2D eigenvalue weighted by Crippen LogP contribution is -2.10. The lowest BCUT2D eigenvalue weighted by molar-refractivity contribution is 0.103. The van der Waals surface area contributed by atoms with Crippen molar-refractivity contribution in [2.75, 3.05) is 17.2 Å². The fourth-order valence-corrected chi connectivity index (χ4v) is 2.40. The Morgan fingerprint density at radius 2 is 1.85 bits per heavy atom. The van der Waals surface area contributed by atoms with Crippen molar-refractivity contribution in [3.05, 3.63) is 46.7 Å². The second-order valence-corrected chi connectivity index (χ2v) is 6.07. The predicted molar refractivity (Wildman–Crippen MR) is 86.7 cm³/mol. The fourth-order valence-electron chi connectivity index (χ4n) is 1.78. The number of amides is 1. The molecular weight excluding hydrogens is 268 g/mol. The Balaban J connectivity index is 1.87. The van der Waals surface area contributed by atoms with Crippen molar-refractivity contribution in [1.29, 1.82) is 0 Å². The summed E-state index contributed by atoms with van der Waals surface area (Å²) in [6.07, 6.45) is 1.15. The van der Waals surface area contributed by atoms with Gasteiger partial charge in [-0.2, -0.15) is 0 Å². The summed E-state index contributed by atoms with van der Waals surface area (Å²) in [6, 6.07) is 11.5. The van der Waals surface area contributed by atoms with Crippen LogP contribution in [0.1, 0.15) is 29.9 Å². The zero-order chi connectivity index (χ0) is 14.4. The number of hydrogen-bond acceptors (Lipinski definition) is 3. The highest BCUT2D eigenvalue weighted by atomic mass is 32.1. The van der Waals surface area contributed by atoms with Gasteiger partial charge in [-0.1, -0.05) is 19.9 Å². The third-order valence-electron chi connectivity index (χ3n) is 2.94. The molecule has 1 heterocycles. The maximum absolute atomic E-state index is 11.9. The van der Waals surface area contributed by atoms with E-state index >= 15 is 0 Å². The van der Waals surface area contributed by atoms with Crippen molar-refractivity contribution in [2.24, 2.45) is 5.92 Å². The highest BCUT2D eigenvalue weighted by molar-refractivity contribution is 7.12. The van der Waals surface area contributed by atoms with E-state index in [2.05, 4.69) is 24.5 Å². The van der Waals surface area contributed by atoms with Gasteiger partial charge in [0.25, 0.3) is 5.91 Å². The smallest absolute Gasteiger partial charge is 0.265 e. The molecule has 106 valence electrons. The van der Waals surface area contributed by atoms with E-state index in [1.807, 2.05) is 41.8 Å². The van der Waals surface area contributed by atoms with Crippen LogP contribution in [0, 0.1) is 5.92 Å². The van der Waals surface area contributed by atoms with E-state index < -0.39 is 0 Å². The maximum atomic E-state index is 11.9. The first-order chi connectivity index (χ1) is 9.65. The molecule has 2 rings (SSSR count). The molecule has 0 saturated carbocycles. The van der Waals surface area contributed by atoms with E-state index in [0.717, 1.165) is 29.2 Å². The molecule has 20 heavy (non-hydrogen) atoms. The van der Waals surface area contributed by atoms with Crippen LogP contribution in [-0.4, -0.2) is 12.5 Å². The van der Waals surface area contributed by atoms with Crippen LogP contribution >= 0.6 is 11.3 Å². The Hall–Kier alpha value is -1.81. The fraction of sp³-hybridized carbons (Fsp3) is 0.312. The zero-order valence-corrected chi connectivity index (χ0v) is 12.7. The van der Waals surface area contributed by atoms with E-state index in [-0.39, 0.29) is 5.91 Å². The van der Waals surface area contributed by atoms with Crippen LogP contribution in [0.3, 0.4) is 0 Å². The first kappa shape index (κ1) is 14.6. The summed E-state index contributed by atoms with van der Waals surface area (Å²) in [6.45, 7) is 5.40. The molecule has 0 saturated heterocycles. The van der Waals surface area contributed by atoms with Gasteiger partial charge in [0.2, 0.25) is 0 Å². The van der Waals surface area contributed by atoms with Crippen molar-refractivity contribution in [1.82, 2.24) is 0 Å². The molecule has 1 aromatic carbocycles. The number of benzene rings is 1. The zero-order valence-electron chi connectivity index (χ0n) is 11.8. The number of carbonyl (C=O) groups is 1. The molecule has 1 aromatic heterocycles. The van der Waals surface area contributed by atoms with Crippen molar-refractivity contribution in [3.63, 3.8) is 0 Å². The van der Waals surface area contributed by atoms with Gasteiger partial charge >= 0.3 is 0 Å². The normalized spacial score (nSPS) is 10.6. The minimum absolute atomic E-state index is 0.0551. The minimum atomic E-state index is -0.0551. The Morgan fingerprint density at radius 1 is 1.15 bits per heavy atom. The third-order valence-corrected chi connectivity index (χ3v) is 3.81. The van der Waals surface area contributed by atoms with Gasteiger partial charge in [-0.15, -0.1) is 11.3 Å². The van der Waals surface area contributed by atoms with Crippen LogP contribution in [0.2, 0.25) is 0 Å². The molecule has 0 spiro atoms. The van der Waals surface area contributed by atoms with E-state index in [0.29, 0.717) is 5.92 Å². The Bertz CT molecular complexity index is 532. The highest BCUT2D eigenvalue weighted by Gasteiger charge is 2.06. The summed E-state index contributed by atoms with van der Waals surface area (Å²) in [5, 5.41) is 8.16. The van der Waals surface area contributed by atoms with Gasteiger partial charge in [0.1, 0.15) is 0 Å². The lowest BCUT2D eigenvalue weighted by Gasteiger charge is -2.09. The van der Waals surface area contributed by atoms with Gasteiger partial charge in [-0.3, -0.25) is 4.79 Å². The summed E-state index contributed by atoms with van der Waals surface area (Å²) in [5.74, 6) is 0.646. The van der Waals surface area contributed by atoms with Gasteiger partial charge in [0.05, 0.1) is 4.88 Å². The first-order valence-electron chi connectivity index (χ1n) is 6.84. The number of anilines is 2. The summed E-state index contributed by atoms with van der Waals surface area (Å²) >= 11 is 1.44. The SMILES string of the molecule is CC(C)CCNc1ccc(NC(=O)c2cccs2)cc1. The molecule has 0 fully saturated rings. The molecule has 0 atom stereocenters. The number of nitrogens with one attached hydrogen (secondary N) is 2. The van der Waals surface area contributed by atoms with Crippen LogP contribution in [-0.2, 0) is 0 Å². The lowest BCUT2D eigenvalue weighted by atomic mass is 10.1. The quantitative estimate of drug-likeness (QED) is 0.824. The number of rotatable bonds is 6. The van der Waals surface area contributed by atoms with Gasteiger partial charge in [-0.05, 0) is 48.1 Å². The maximum Gasteiger partial charge on any atom is 0.265 e. The highest BCUT2D eigenvalue weighted by Crippen LogP contribution is 2.16. The van der Waals surface area contributed by atoms with E-state index in [1.165, 1.54) is 11.3 Å². The molecule has 1 amide bonds. The number of thiophene rings is 1. The summed E-state index contributed by atoms with van der Waals surface area (Å²) in [4.78, 5) is 12.6. The van der Waals surface area contributed by atoms with Crippen molar-refractivity contribution >= 4 is 28.6 Å². The summed E-state index contributed by atoms with van der Waals surface area (Å²) < 4.78 is 0. The first-order valence-corrected chi connectivity index (χ1v) is 7.72. The van der Waals surface area contributed by atoms with Gasteiger partial charge in [0.15, 0.2) is 0 Å². The average Bonchev–Trinajstić information content (AvgIpc) is 2.94. The standard InChI is InChI=1S/C16H20N2OS/c1-12(2)9-10-17-13-5-7-14(8-6-13)18-16(19)15-4-3-11-20-15/h3-8,11-12,17H,9-10H2,1-2H3,(H,18,19). The Morgan fingerprint density at radius 3 is 2.45 bits per heavy atom. The van der Waals surface area contributed by atoms with Crippen LogP contribution in [0.4, 0.5) is 11.4 Å². The number of hydrogen-bond donors (Lipinski definition) is 2. The molecule has 0 unspecified atom stereocenters. The third kappa shape index (κ3) is 4.38. The molecule has 0 aliphatic rings. The topological polar surface area (TPSA) is 41.1 Å². The minimum Gasteiger partial charge on any atom is -0.385 e. The monoisotopic (exact) mass is 288 g/mol. The Labute approximate surface area is 124 Å². The summed E-state index contributed by atoms with van der Waals surface area (Å²) in [7, 11) is 0. The van der Waals surface area contributed by atoms with E-state index in [1.54, 1.807) is 0 Å². The van der Waals surface area contributed by atoms with E-state index in [9.17, 15) is 4.79 Å². The van der Waals surface area contributed by atoms with Crippen LogP contribution in [0.15, 0.2) is 41.8 Å². The molecule has 2 N–H and O–H groups in total. The van der Waals surface area contributed by atoms with Gasteiger partial charge < -0.3 is 10.6 Å². The van der Waals surface area contributed by atoms with Crippen molar-refractivity contribution < 1.29 is 4.79 Å². The van der Waals surface area contributed by atoms with E-state index in [4.69, 9.17) is 0 Å². The van der Waals surface area contributed by atoms with Crippen LogP contribution in [0.5, 0.6) is 0 Å². The van der Waals surface area contributed by atoms with Crippen LogP contribution < -0.4 is 10.6 Å². The Kier molecular flexibility index (Phi) is 5.18. The molecule has 0 aliphatic carbocycles. The van der Waals surface area contributed by atoms with Gasteiger partial charge in [0, 0.05) is 17.9 Å². The number of carbonyl (C=O) groups excluding carboxylic acids is 1. The molecule has 2 aromatic rings. The second-order valence-electron chi connectivity index (χ2n) is 5.12. The molecule has 0 aliphatic heterocycles. The van der Waals surface area contributed by atoms with Crippen molar-refractivity contribution in [3.8, 4) is 0 Å². The second kappa shape index (κ2) is 7.10. The molecular formula is C16H20N2OS. The van der Waals surface area contributed by atoms with Crippen LogP contribution in [0.25, 0.3) is 0 Å². The predicted octanol–water partition coefficient (Wildman–Crippen LogP) is 4.46. The largest absolute Gasteiger partial charge is 0.385 e. The average molecular weight is 288 g/mol. The molecule has 4 heteroatoms.